The highest BCUT2D eigenvalue weighted by molar-refractivity contribution is 6.00. The minimum Gasteiger partial charge on any atom is -0.507 e. The SMILES string of the molecule is Oc1c(C=Nc2ccc3c4c(cccc24)CC3)cccc1-c1ccccc1. The molecule has 2 heteroatoms. The first-order chi connectivity index (χ1) is 13.3. The van der Waals surface area contributed by atoms with E-state index in [1.807, 2.05) is 48.5 Å². The Morgan fingerprint density at radius 2 is 1.52 bits per heavy atom. The van der Waals surface area contributed by atoms with Crippen molar-refractivity contribution in [1.29, 1.82) is 0 Å². The number of aryl methyl sites for hydroxylation is 2. The van der Waals surface area contributed by atoms with Crippen LogP contribution in [0.1, 0.15) is 16.7 Å². The van der Waals surface area contributed by atoms with Gasteiger partial charge in [-0.3, -0.25) is 4.99 Å². The standard InChI is InChI=1S/C25H19NO/c27-25-20(9-5-10-21(25)17-6-2-1-3-7-17)16-26-23-15-14-19-13-12-18-8-4-11-22(23)24(18)19/h1-11,14-16,27H,12-13H2. The summed E-state index contributed by atoms with van der Waals surface area (Å²) < 4.78 is 0. The summed E-state index contributed by atoms with van der Waals surface area (Å²) >= 11 is 0. The van der Waals surface area contributed by atoms with Crippen molar-refractivity contribution in [2.75, 3.05) is 0 Å². The first-order valence-corrected chi connectivity index (χ1v) is 9.26. The molecule has 130 valence electrons. The van der Waals surface area contributed by atoms with Crippen LogP contribution in [-0.4, -0.2) is 11.3 Å². The molecule has 0 amide bonds. The maximum atomic E-state index is 10.7. The molecule has 0 saturated heterocycles. The lowest BCUT2D eigenvalue weighted by Gasteiger charge is -2.08. The Balaban J connectivity index is 1.57. The summed E-state index contributed by atoms with van der Waals surface area (Å²) in [5.41, 5.74) is 6.30. The molecule has 5 rings (SSSR count). The highest BCUT2D eigenvalue weighted by atomic mass is 16.3. The van der Waals surface area contributed by atoms with Crippen LogP contribution >= 0.6 is 0 Å². The van der Waals surface area contributed by atoms with Crippen LogP contribution in [0.4, 0.5) is 5.69 Å². The van der Waals surface area contributed by atoms with Crippen LogP contribution in [0.15, 0.2) is 83.9 Å². The minimum absolute atomic E-state index is 0.262. The van der Waals surface area contributed by atoms with E-state index in [1.54, 1.807) is 6.21 Å². The number of rotatable bonds is 3. The average molecular weight is 349 g/mol. The molecular weight excluding hydrogens is 330 g/mol. The van der Waals surface area contributed by atoms with Crippen LogP contribution in [0.3, 0.4) is 0 Å². The lowest BCUT2D eigenvalue weighted by molar-refractivity contribution is 0.476. The van der Waals surface area contributed by atoms with Gasteiger partial charge in [0.15, 0.2) is 0 Å². The Morgan fingerprint density at radius 1 is 0.741 bits per heavy atom. The van der Waals surface area contributed by atoms with Crippen molar-refractivity contribution in [2.45, 2.75) is 12.8 Å². The molecule has 4 aromatic rings. The van der Waals surface area contributed by atoms with Gasteiger partial charge in [0.2, 0.25) is 0 Å². The van der Waals surface area contributed by atoms with Gasteiger partial charge in [-0.2, -0.15) is 0 Å². The molecule has 2 nitrogen and oxygen atoms in total. The molecule has 4 aromatic carbocycles. The largest absolute Gasteiger partial charge is 0.507 e. The quantitative estimate of drug-likeness (QED) is 0.448. The fourth-order valence-electron chi connectivity index (χ4n) is 4.00. The molecule has 0 fully saturated rings. The average Bonchev–Trinajstić information content (AvgIpc) is 3.14. The predicted molar refractivity (Wildman–Crippen MR) is 112 cm³/mol. The zero-order valence-electron chi connectivity index (χ0n) is 14.9. The van der Waals surface area contributed by atoms with Crippen LogP contribution in [-0.2, 0) is 12.8 Å². The van der Waals surface area contributed by atoms with Gasteiger partial charge in [-0.25, -0.2) is 0 Å². The van der Waals surface area contributed by atoms with Gasteiger partial charge in [-0.15, -0.1) is 0 Å². The second-order valence-electron chi connectivity index (χ2n) is 6.95. The van der Waals surface area contributed by atoms with Crippen molar-refractivity contribution in [3.63, 3.8) is 0 Å². The summed E-state index contributed by atoms with van der Waals surface area (Å²) in [4.78, 5) is 4.73. The third-order valence-corrected chi connectivity index (χ3v) is 5.35. The lowest BCUT2D eigenvalue weighted by atomic mass is 10.0. The van der Waals surface area contributed by atoms with Gasteiger partial charge < -0.3 is 5.11 Å². The Bertz CT molecular complexity index is 1170. The van der Waals surface area contributed by atoms with Gasteiger partial charge in [-0.1, -0.05) is 66.7 Å². The monoisotopic (exact) mass is 349 g/mol. The van der Waals surface area contributed by atoms with Crippen molar-refractivity contribution in [3.8, 4) is 16.9 Å². The highest BCUT2D eigenvalue weighted by Crippen LogP contribution is 2.37. The van der Waals surface area contributed by atoms with E-state index in [2.05, 4.69) is 30.3 Å². The van der Waals surface area contributed by atoms with Gasteiger partial charge >= 0.3 is 0 Å². The lowest BCUT2D eigenvalue weighted by Crippen LogP contribution is -1.87. The van der Waals surface area contributed by atoms with Crippen molar-refractivity contribution in [3.05, 3.63) is 95.6 Å². The number of hydrogen-bond acceptors (Lipinski definition) is 2. The van der Waals surface area contributed by atoms with Gasteiger partial charge in [0.25, 0.3) is 0 Å². The molecule has 0 unspecified atom stereocenters. The number of phenols is 1. The Labute approximate surface area is 158 Å². The zero-order valence-corrected chi connectivity index (χ0v) is 14.9. The molecule has 0 aromatic heterocycles. The molecule has 0 aliphatic heterocycles. The zero-order chi connectivity index (χ0) is 18.2. The smallest absolute Gasteiger partial charge is 0.132 e. The minimum atomic E-state index is 0.262. The van der Waals surface area contributed by atoms with Gasteiger partial charge in [0.05, 0.1) is 5.69 Å². The second-order valence-corrected chi connectivity index (χ2v) is 6.95. The summed E-state index contributed by atoms with van der Waals surface area (Å²) in [5, 5.41) is 13.3. The number of benzene rings is 4. The Hall–Kier alpha value is -3.39. The van der Waals surface area contributed by atoms with Crippen molar-refractivity contribution in [2.24, 2.45) is 4.99 Å². The summed E-state index contributed by atoms with van der Waals surface area (Å²) in [6.45, 7) is 0. The Morgan fingerprint density at radius 3 is 2.37 bits per heavy atom. The maximum Gasteiger partial charge on any atom is 0.132 e. The summed E-state index contributed by atoms with van der Waals surface area (Å²) in [6, 6.07) is 26.4. The highest BCUT2D eigenvalue weighted by Gasteiger charge is 2.15. The fraction of sp³-hybridized carbons (Fsp3) is 0.0800. The van der Waals surface area contributed by atoms with E-state index in [-0.39, 0.29) is 5.75 Å². The van der Waals surface area contributed by atoms with Crippen LogP contribution in [0, 0.1) is 0 Å². The van der Waals surface area contributed by atoms with Crippen LogP contribution < -0.4 is 0 Å². The van der Waals surface area contributed by atoms with Crippen molar-refractivity contribution >= 4 is 22.7 Å². The molecule has 0 spiro atoms. The van der Waals surface area contributed by atoms with Gasteiger partial charge in [-0.05, 0) is 47.1 Å². The summed E-state index contributed by atoms with van der Waals surface area (Å²) in [5.74, 6) is 0.262. The van der Waals surface area contributed by atoms with E-state index >= 15 is 0 Å². The number of aromatic hydroxyl groups is 1. The van der Waals surface area contributed by atoms with E-state index < -0.39 is 0 Å². The fourth-order valence-corrected chi connectivity index (χ4v) is 4.00. The van der Waals surface area contributed by atoms with E-state index in [0.717, 1.165) is 35.2 Å². The molecule has 1 N–H and O–H groups in total. The van der Waals surface area contributed by atoms with Crippen LogP contribution in [0.25, 0.3) is 21.9 Å². The van der Waals surface area contributed by atoms with Crippen LogP contribution in [0.2, 0.25) is 0 Å². The number of phenolic OH excluding ortho intramolecular Hbond substituents is 1. The Kier molecular flexibility index (Phi) is 3.75. The van der Waals surface area contributed by atoms with E-state index in [1.165, 1.54) is 21.9 Å². The van der Waals surface area contributed by atoms with E-state index in [9.17, 15) is 5.11 Å². The third kappa shape index (κ3) is 2.70. The summed E-state index contributed by atoms with van der Waals surface area (Å²) in [6.07, 6.45) is 3.99. The van der Waals surface area contributed by atoms with Crippen LogP contribution in [0.5, 0.6) is 5.75 Å². The van der Waals surface area contributed by atoms with E-state index in [4.69, 9.17) is 4.99 Å². The van der Waals surface area contributed by atoms with Crippen molar-refractivity contribution < 1.29 is 5.11 Å². The van der Waals surface area contributed by atoms with Gasteiger partial charge in [0, 0.05) is 22.7 Å². The van der Waals surface area contributed by atoms with Crippen molar-refractivity contribution in [1.82, 2.24) is 0 Å². The normalized spacial score (nSPS) is 12.9. The predicted octanol–water partition coefficient (Wildman–Crippen LogP) is 6.06. The molecule has 0 saturated carbocycles. The molecule has 0 radical (unpaired) electrons. The molecule has 27 heavy (non-hydrogen) atoms. The first-order valence-electron chi connectivity index (χ1n) is 9.26. The molecule has 1 aliphatic rings. The third-order valence-electron chi connectivity index (χ3n) is 5.35. The number of aliphatic imine (C=N–C) groups is 1. The number of nitrogens with zero attached hydrogens (tertiary/aromatic N) is 1. The molecule has 0 atom stereocenters. The molecule has 0 heterocycles. The van der Waals surface area contributed by atoms with E-state index in [0.29, 0.717) is 0 Å². The van der Waals surface area contributed by atoms with Gasteiger partial charge in [0.1, 0.15) is 5.75 Å². The summed E-state index contributed by atoms with van der Waals surface area (Å²) in [7, 11) is 0. The maximum absolute atomic E-state index is 10.7. The first kappa shape index (κ1) is 15.8. The number of para-hydroxylation sites is 1. The topological polar surface area (TPSA) is 32.6 Å². The number of hydrogen-bond donors (Lipinski definition) is 1. The molecule has 0 bridgehead atoms. The molecule has 1 aliphatic carbocycles. The second kappa shape index (κ2) is 6.40. The molecular formula is C25H19NO.